The molecular formula is C12H19NO6S. The Bertz CT molecular complexity index is 546. The van der Waals surface area contributed by atoms with E-state index in [0.717, 1.165) is 16.4 Å². The van der Waals surface area contributed by atoms with E-state index >= 15 is 0 Å². The second kappa shape index (κ2) is 6.87. The molecule has 0 radical (unpaired) electrons. The number of aliphatic hydroxyl groups is 1. The molecule has 0 amide bonds. The van der Waals surface area contributed by atoms with E-state index in [1.54, 1.807) is 0 Å². The van der Waals surface area contributed by atoms with Gasteiger partial charge < -0.3 is 14.6 Å². The molecule has 1 heterocycles. The number of aliphatic hydroxyl groups excluding tert-OH is 1. The van der Waals surface area contributed by atoms with Gasteiger partial charge in [0, 0.05) is 12.6 Å². The van der Waals surface area contributed by atoms with E-state index < -0.39 is 26.8 Å². The summed E-state index contributed by atoms with van der Waals surface area (Å²) >= 11 is 0. The number of sulfonamides is 1. The summed E-state index contributed by atoms with van der Waals surface area (Å²) in [6.07, 6.45) is 1.17. The zero-order valence-corrected chi connectivity index (χ0v) is 12.3. The van der Waals surface area contributed by atoms with E-state index in [1.165, 1.54) is 0 Å². The molecule has 0 fully saturated rings. The average molecular weight is 305 g/mol. The highest BCUT2D eigenvalue weighted by Gasteiger charge is 2.32. The van der Waals surface area contributed by atoms with Crippen LogP contribution in [-0.2, 0) is 10.0 Å². The molecule has 0 spiro atoms. The summed E-state index contributed by atoms with van der Waals surface area (Å²) in [5, 5.41) is 17.4. The van der Waals surface area contributed by atoms with Crippen LogP contribution in [0.4, 0.5) is 0 Å². The van der Waals surface area contributed by atoms with Gasteiger partial charge in [-0.25, -0.2) is 13.2 Å². The molecule has 20 heavy (non-hydrogen) atoms. The van der Waals surface area contributed by atoms with Gasteiger partial charge in [-0.1, -0.05) is 13.8 Å². The van der Waals surface area contributed by atoms with Gasteiger partial charge in [0.05, 0.1) is 6.61 Å². The lowest BCUT2D eigenvalue weighted by Gasteiger charge is -2.27. The van der Waals surface area contributed by atoms with Gasteiger partial charge >= 0.3 is 5.97 Å². The quantitative estimate of drug-likeness (QED) is 0.746. The lowest BCUT2D eigenvalue weighted by atomic mass is 10.2. The molecule has 1 aromatic heterocycles. The first kappa shape index (κ1) is 16.7. The molecule has 1 aromatic rings. The van der Waals surface area contributed by atoms with Crippen LogP contribution in [0, 0.1) is 0 Å². The summed E-state index contributed by atoms with van der Waals surface area (Å²) in [6.45, 7) is 3.32. The second-order valence-electron chi connectivity index (χ2n) is 4.23. The van der Waals surface area contributed by atoms with Crippen molar-refractivity contribution in [3.8, 4) is 0 Å². The molecule has 0 bridgehead atoms. The van der Waals surface area contributed by atoms with Crippen LogP contribution in [0.2, 0.25) is 0 Å². The second-order valence-corrected chi connectivity index (χ2v) is 6.06. The number of hydrogen-bond donors (Lipinski definition) is 2. The fraction of sp³-hybridized carbons (Fsp3) is 0.583. The molecule has 0 unspecified atom stereocenters. The highest BCUT2D eigenvalue weighted by atomic mass is 32.2. The van der Waals surface area contributed by atoms with Gasteiger partial charge in [-0.2, -0.15) is 4.31 Å². The first-order valence-electron chi connectivity index (χ1n) is 6.34. The van der Waals surface area contributed by atoms with Crippen LogP contribution >= 0.6 is 0 Å². The van der Waals surface area contributed by atoms with Crippen molar-refractivity contribution < 1.29 is 27.8 Å². The maximum absolute atomic E-state index is 12.4. The lowest BCUT2D eigenvalue weighted by molar-refractivity contribution is 0.0656. The van der Waals surface area contributed by atoms with Crippen LogP contribution in [0.15, 0.2) is 21.6 Å². The van der Waals surface area contributed by atoms with Crippen LogP contribution in [0.25, 0.3) is 0 Å². The van der Waals surface area contributed by atoms with Crippen molar-refractivity contribution in [2.75, 3.05) is 13.2 Å². The maximum Gasteiger partial charge on any atom is 0.371 e. The Balaban J connectivity index is 3.17. The molecule has 0 aliphatic heterocycles. The van der Waals surface area contributed by atoms with Gasteiger partial charge in [0.1, 0.15) is 0 Å². The third-order valence-electron chi connectivity index (χ3n) is 3.03. The molecule has 0 atom stereocenters. The Labute approximate surface area is 117 Å². The van der Waals surface area contributed by atoms with Gasteiger partial charge in [-0.15, -0.1) is 0 Å². The number of carboxylic acids is 1. The van der Waals surface area contributed by atoms with Crippen molar-refractivity contribution in [2.45, 2.75) is 37.8 Å². The Morgan fingerprint density at radius 1 is 1.35 bits per heavy atom. The predicted molar refractivity (Wildman–Crippen MR) is 71.0 cm³/mol. The third-order valence-corrected chi connectivity index (χ3v) is 4.85. The number of hydrogen-bond acceptors (Lipinski definition) is 5. The van der Waals surface area contributed by atoms with Crippen LogP contribution in [0.3, 0.4) is 0 Å². The molecule has 0 aliphatic carbocycles. The molecule has 0 aliphatic rings. The minimum atomic E-state index is -3.96. The fourth-order valence-corrected chi connectivity index (χ4v) is 3.66. The fourth-order valence-electron chi connectivity index (χ4n) is 1.98. The largest absolute Gasteiger partial charge is 0.475 e. The SMILES string of the molecule is CCC(CC)N(CCO)S(=O)(=O)c1ccc(C(=O)O)o1. The Morgan fingerprint density at radius 3 is 2.35 bits per heavy atom. The molecule has 2 N–H and O–H groups in total. The summed E-state index contributed by atoms with van der Waals surface area (Å²) < 4.78 is 30.9. The normalized spacial score (nSPS) is 12.2. The number of carbonyl (C=O) groups is 1. The van der Waals surface area contributed by atoms with E-state index in [1.807, 2.05) is 13.8 Å². The van der Waals surface area contributed by atoms with Gasteiger partial charge in [-0.05, 0) is 25.0 Å². The molecule has 0 aromatic carbocycles. The molecule has 1 rings (SSSR count). The predicted octanol–water partition coefficient (Wildman–Crippen LogP) is 1.15. The van der Waals surface area contributed by atoms with Crippen molar-refractivity contribution in [1.82, 2.24) is 4.31 Å². The minimum absolute atomic E-state index is 0.0578. The van der Waals surface area contributed by atoms with Crippen molar-refractivity contribution in [3.05, 3.63) is 17.9 Å². The van der Waals surface area contributed by atoms with Crippen molar-refractivity contribution >= 4 is 16.0 Å². The smallest absolute Gasteiger partial charge is 0.371 e. The lowest BCUT2D eigenvalue weighted by Crippen LogP contribution is -2.41. The Hall–Kier alpha value is -1.38. The molecule has 0 saturated heterocycles. The summed E-state index contributed by atoms with van der Waals surface area (Å²) in [5.74, 6) is -1.76. The summed E-state index contributed by atoms with van der Waals surface area (Å²) in [6, 6.07) is 1.94. The van der Waals surface area contributed by atoms with Crippen LogP contribution in [0.1, 0.15) is 37.2 Å². The number of furan rings is 1. The zero-order valence-electron chi connectivity index (χ0n) is 11.4. The standard InChI is InChI=1S/C12H19NO6S/c1-3-9(4-2)13(7-8-14)20(17,18)11-6-5-10(19-11)12(15)16/h5-6,9,14H,3-4,7-8H2,1-2H3,(H,15,16). The van der Waals surface area contributed by atoms with E-state index in [2.05, 4.69) is 0 Å². The van der Waals surface area contributed by atoms with Crippen LogP contribution < -0.4 is 0 Å². The van der Waals surface area contributed by atoms with E-state index in [9.17, 15) is 13.2 Å². The first-order chi connectivity index (χ1) is 9.38. The topological polar surface area (TPSA) is 108 Å². The summed E-state index contributed by atoms with van der Waals surface area (Å²) in [4.78, 5) is 10.7. The van der Waals surface area contributed by atoms with Gasteiger partial charge in [-0.3, -0.25) is 0 Å². The zero-order chi connectivity index (χ0) is 15.3. The maximum atomic E-state index is 12.4. The highest BCUT2D eigenvalue weighted by molar-refractivity contribution is 7.89. The van der Waals surface area contributed by atoms with E-state index in [4.69, 9.17) is 14.6 Å². The molecule has 0 saturated carbocycles. The Morgan fingerprint density at radius 2 is 1.95 bits per heavy atom. The first-order valence-corrected chi connectivity index (χ1v) is 7.78. The molecule has 114 valence electrons. The van der Waals surface area contributed by atoms with Gasteiger partial charge in [0.15, 0.2) is 0 Å². The highest BCUT2D eigenvalue weighted by Crippen LogP contribution is 2.23. The van der Waals surface area contributed by atoms with Crippen molar-refractivity contribution in [3.63, 3.8) is 0 Å². The van der Waals surface area contributed by atoms with Gasteiger partial charge in [0.25, 0.3) is 10.0 Å². The van der Waals surface area contributed by atoms with E-state index in [-0.39, 0.29) is 19.2 Å². The monoisotopic (exact) mass is 305 g/mol. The molecule has 7 nitrogen and oxygen atoms in total. The van der Waals surface area contributed by atoms with Crippen molar-refractivity contribution in [1.29, 1.82) is 0 Å². The number of nitrogens with zero attached hydrogens (tertiary/aromatic N) is 1. The summed E-state index contributed by atoms with van der Waals surface area (Å²) in [5.41, 5.74) is 0. The molecule has 8 heteroatoms. The Kier molecular flexibility index (Phi) is 5.73. The number of carboxylic acid groups (broad SMARTS) is 1. The number of aromatic carboxylic acids is 1. The van der Waals surface area contributed by atoms with Crippen LogP contribution in [-0.4, -0.2) is 48.1 Å². The molecular weight excluding hydrogens is 286 g/mol. The minimum Gasteiger partial charge on any atom is -0.475 e. The van der Waals surface area contributed by atoms with E-state index in [0.29, 0.717) is 12.8 Å². The van der Waals surface area contributed by atoms with Gasteiger partial charge in [0.2, 0.25) is 10.9 Å². The van der Waals surface area contributed by atoms with Crippen molar-refractivity contribution in [2.24, 2.45) is 0 Å². The van der Waals surface area contributed by atoms with Crippen LogP contribution in [0.5, 0.6) is 0 Å². The summed E-state index contributed by atoms with van der Waals surface area (Å²) in [7, 11) is -3.96. The number of rotatable bonds is 8. The third kappa shape index (κ3) is 3.38. The average Bonchev–Trinajstić information content (AvgIpc) is 2.89.